The Morgan fingerprint density at radius 1 is 1.03 bits per heavy atom. The summed E-state index contributed by atoms with van der Waals surface area (Å²) in [5, 5.41) is 14.5. The molecule has 0 heterocycles. The second-order valence-electron chi connectivity index (χ2n) is 9.20. The smallest absolute Gasteiger partial charge is 0.407 e. The molecule has 0 radical (unpaired) electrons. The van der Waals surface area contributed by atoms with Crippen molar-refractivity contribution in [2.24, 2.45) is 5.41 Å². The SMILES string of the molecule is C/C(=C\CNC(=O)OCC1c2ccccc2-c2ccccc21)C(=O)N[C@@H](C(=O)O)C(C)(C)C. The van der Waals surface area contributed by atoms with E-state index < -0.39 is 29.4 Å². The van der Waals surface area contributed by atoms with E-state index in [0.717, 1.165) is 22.3 Å². The summed E-state index contributed by atoms with van der Waals surface area (Å²) in [6.07, 6.45) is 0.942. The number of carboxylic acids is 1. The molecule has 3 N–H and O–H groups in total. The van der Waals surface area contributed by atoms with Crippen molar-refractivity contribution >= 4 is 18.0 Å². The number of amides is 2. The lowest BCUT2D eigenvalue weighted by Gasteiger charge is -2.27. The third-order valence-electron chi connectivity index (χ3n) is 5.74. The van der Waals surface area contributed by atoms with Crippen molar-refractivity contribution in [2.45, 2.75) is 39.7 Å². The number of carbonyl (C=O) groups is 3. The fraction of sp³-hybridized carbons (Fsp3) is 0.346. The van der Waals surface area contributed by atoms with Crippen LogP contribution in [0.2, 0.25) is 0 Å². The van der Waals surface area contributed by atoms with Gasteiger partial charge in [-0.25, -0.2) is 9.59 Å². The Labute approximate surface area is 193 Å². The number of nitrogens with one attached hydrogen (secondary N) is 2. The van der Waals surface area contributed by atoms with Gasteiger partial charge >= 0.3 is 12.1 Å². The summed E-state index contributed by atoms with van der Waals surface area (Å²) in [7, 11) is 0. The van der Waals surface area contributed by atoms with Crippen molar-refractivity contribution in [3.63, 3.8) is 0 Å². The van der Waals surface area contributed by atoms with E-state index >= 15 is 0 Å². The number of carbonyl (C=O) groups excluding carboxylic acids is 2. The highest BCUT2D eigenvalue weighted by atomic mass is 16.5. The molecule has 0 unspecified atom stereocenters. The molecule has 0 aromatic heterocycles. The summed E-state index contributed by atoms with van der Waals surface area (Å²) < 4.78 is 5.47. The zero-order valence-electron chi connectivity index (χ0n) is 19.3. The number of aliphatic carboxylic acids is 1. The Kier molecular flexibility index (Phi) is 7.21. The molecule has 0 bridgehead atoms. The van der Waals surface area contributed by atoms with Gasteiger partial charge in [0, 0.05) is 18.0 Å². The summed E-state index contributed by atoms with van der Waals surface area (Å²) in [5.74, 6) is -1.62. The van der Waals surface area contributed by atoms with Crippen LogP contribution < -0.4 is 10.6 Å². The number of hydrogen-bond donors (Lipinski definition) is 3. The zero-order valence-corrected chi connectivity index (χ0v) is 19.3. The van der Waals surface area contributed by atoms with Crippen molar-refractivity contribution in [3.8, 4) is 11.1 Å². The van der Waals surface area contributed by atoms with Crippen molar-refractivity contribution in [3.05, 3.63) is 71.3 Å². The maximum absolute atomic E-state index is 12.3. The summed E-state index contributed by atoms with van der Waals surface area (Å²) in [5.41, 5.74) is 4.24. The van der Waals surface area contributed by atoms with E-state index in [2.05, 4.69) is 22.8 Å². The number of carboxylic acid groups (broad SMARTS) is 1. The van der Waals surface area contributed by atoms with Crippen LogP contribution in [0.1, 0.15) is 44.7 Å². The largest absolute Gasteiger partial charge is 0.480 e. The Balaban J connectivity index is 1.53. The van der Waals surface area contributed by atoms with Crippen molar-refractivity contribution < 1.29 is 24.2 Å². The number of alkyl carbamates (subject to hydrolysis) is 1. The maximum atomic E-state index is 12.3. The molecular formula is C26H30N2O5. The van der Waals surface area contributed by atoms with E-state index in [-0.39, 0.29) is 19.1 Å². The molecule has 33 heavy (non-hydrogen) atoms. The fourth-order valence-electron chi connectivity index (χ4n) is 3.92. The van der Waals surface area contributed by atoms with Crippen LogP contribution in [0.5, 0.6) is 0 Å². The molecule has 0 saturated heterocycles. The van der Waals surface area contributed by atoms with E-state index in [9.17, 15) is 19.5 Å². The molecule has 0 fully saturated rings. The predicted octanol–water partition coefficient (Wildman–Crippen LogP) is 4.09. The quantitative estimate of drug-likeness (QED) is 0.551. The van der Waals surface area contributed by atoms with Gasteiger partial charge in [0.05, 0.1) is 0 Å². The van der Waals surface area contributed by atoms with E-state index in [1.807, 2.05) is 36.4 Å². The first-order chi connectivity index (χ1) is 15.6. The first-order valence-corrected chi connectivity index (χ1v) is 10.9. The minimum Gasteiger partial charge on any atom is -0.480 e. The van der Waals surface area contributed by atoms with Gasteiger partial charge in [0.15, 0.2) is 0 Å². The van der Waals surface area contributed by atoms with E-state index in [1.54, 1.807) is 27.7 Å². The highest BCUT2D eigenvalue weighted by molar-refractivity contribution is 5.95. The molecule has 7 nitrogen and oxygen atoms in total. The van der Waals surface area contributed by atoms with Crippen LogP contribution in [-0.2, 0) is 14.3 Å². The number of hydrogen-bond acceptors (Lipinski definition) is 4. The molecule has 1 aliphatic carbocycles. The lowest BCUT2D eigenvalue weighted by molar-refractivity contribution is -0.144. The lowest BCUT2D eigenvalue weighted by Crippen LogP contribution is -2.49. The molecule has 0 aliphatic heterocycles. The van der Waals surface area contributed by atoms with Crippen LogP contribution in [0.25, 0.3) is 11.1 Å². The van der Waals surface area contributed by atoms with Gasteiger partial charge in [-0.1, -0.05) is 75.4 Å². The number of ether oxygens (including phenoxy) is 1. The molecule has 3 rings (SSSR count). The third kappa shape index (κ3) is 5.61. The molecule has 2 amide bonds. The highest BCUT2D eigenvalue weighted by Crippen LogP contribution is 2.44. The number of benzene rings is 2. The van der Waals surface area contributed by atoms with Gasteiger partial charge in [-0.3, -0.25) is 4.79 Å². The van der Waals surface area contributed by atoms with Crippen molar-refractivity contribution in [2.75, 3.05) is 13.2 Å². The van der Waals surface area contributed by atoms with Crippen LogP contribution >= 0.6 is 0 Å². The molecule has 0 saturated carbocycles. The minimum absolute atomic E-state index is 0.0310. The predicted molar refractivity (Wildman–Crippen MR) is 126 cm³/mol. The molecular weight excluding hydrogens is 420 g/mol. The monoisotopic (exact) mass is 450 g/mol. The van der Waals surface area contributed by atoms with Gasteiger partial charge in [0.2, 0.25) is 5.91 Å². The van der Waals surface area contributed by atoms with E-state index in [1.165, 1.54) is 6.08 Å². The van der Waals surface area contributed by atoms with Gasteiger partial charge in [0.1, 0.15) is 12.6 Å². The Hall–Kier alpha value is -3.61. The van der Waals surface area contributed by atoms with Gasteiger partial charge in [0.25, 0.3) is 0 Å². The third-order valence-corrected chi connectivity index (χ3v) is 5.74. The Morgan fingerprint density at radius 3 is 2.09 bits per heavy atom. The first kappa shape index (κ1) is 24.0. The molecule has 1 atom stereocenters. The fourth-order valence-corrected chi connectivity index (χ4v) is 3.92. The summed E-state index contributed by atoms with van der Waals surface area (Å²) in [6, 6.07) is 15.2. The zero-order chi connectivity index (χ0) is 24.2. The van der Waals surface area contributed by atoms with E-state index in [0.29, 0.717) is 5.57 Å². The second kappa shape index (κ2) is 9.90. The first-order valence-electron chi connectivity index (χ1n) is 10.9. The molecule has 174 valence electrons. The van der Waals surface area contributed by atoms with E-state index in [4.69, 9.17) is 4.74 Å². The highest BCUT2D eigenvalue weighted by Gasteiger charge is 2.33. The minimum atomic E-state index is -1.10. The van der Waals surface area contributed by atoms with Crippen molar-refractivity contribution in [1.82, 2.24) is 10.6 Å². The van der Waals surface area contributed by atoms with Crippen LogP contribution in [0.3, 0.4) is 0 Å². The Morgan fingerprint density at radius 2 is 1.58 bits per heavy atom. The van der Waals surface area contributed by atoms with Crippen LogP contribution in [0.15, 0.2) is 60.2 Å². The molecule has 7 heteroatoms. The summed E-state index contributed by atoms with van der Waals surface area (Å²) in [6.45, 7) is 7.08. The van der Waals surface area contributed by atoms with Gasteiger partial charge in [-0.2, -0.15) is 0 Å². The topological polar surface area (TPSA) is 105 Å². The summed E-state index contributed by atoms with van der Waals surface area (Å²) in [4.78, 5) is 36.0. The molecule has 2 aromatic rings. The molecule has 2 aromatic carbocycles. The average Bonchev–Trinajstić information content (AvgIpc) is 3.08. The van der Waals surface area contributed by atoms with Gasteiger partial charge < -0.3 is 20.5 Å². The lowest BCUT2D eigenvalue weighted by atomic mass is 9.86. The van der Waals surface area contributed by atoms with Crippen LogP contribution in [0.4, 0.5) is 4.79 Å². The molecule has 1 aliphatic rings. The normalized spacial score (nSPS) is 14.1. The van der Waals surface area contributed by atoms with Crippen LogP contribution in [-0.4, -0.2) is 42.3 Å². The average molecular weight is 451 g/mol. The number of fused-ring (bicyclic) bond motifs is 3. The maximum Gasteiger partial charge on any atom is 0.407 e. The summed E-state index contributed by atoms with van der Waals surface area (Å²) >= 11 is 0. The number of rotatable bonds is 7. The Bertz CT molecular complexity index is 1040. The van der Waals surface area contributed by atoms with Gasteiger partial charge in [-0.15, -0.1) is 0 Å². The molecule has 0 spiro atoms. The van der Waals surface area contributed by atoms with Crippen molar-refractivity contribution in [1.29, 1.82) is 0 Å². The van der Waals surface area contributed by atoms with Gasteiger partial charge in [-0.05, 0) is 34.6 Å². The standard InChI is InChI=1S/C26H30N2O5/c1-16(23(29)28-22(24(30)31)26(2,3)4)13-14-27-25(32)33-15-21-19-11-7-5-9-17(19)18-10-6-8-12-20(18)21/h5-13,21-22H,14-15H2,1-4H3,(H,27,32)(H,28,29)(H,30,31)/b16-13+/t22-/m0/s1. The van der Waals surface area contributed by atoms with Crippen LogP contribution in [0, 0.1) is 5.41 Å². The second-order valence-corrected chi connectivity index (χ2v) is 9.20.